The Kier molecular flexibility index (Phi) is 6.09. The summed E-state index contributed by atoms with van der Waals surface area (Å²) in [5, 5.41) is 14.4. The molecule has 0 saturated carbocycles. The van der Waals surface area contributed by atoms with Crippen LogP contribution in [0.5, 0.6) is 0 Å². The van der Waals surface area contributed by atoms with Crippen molar-refractivity contribution in [2.75, 3.05) is 0 Å². The second kappa shape index (κ2) is 11.2. The van der Waals surface area contributed by atoms with E-state index in [-0.39, 0.29) is 0 Å². The summed E-state index contributed by atoms with van der Waals surface area (Å²) < 4.78 is 12.8. The van der Waals surface area contributed by atoms with E-state index in [1.54, 1.807) is 0 Å². The Bertz CT molecular complexity index is 3470. The Hall–Kier alpha value is -7.16. The van der Waals surface area contributed by atoms with E-state index in [1.807, 2.05) is 12.1 Å². The predicted octanol–water partition coefficient (Wildman–Crippen LogP) is 15.1. The highest BCUT2D eigenvalue weighted by atomic mass is 16.3. The van der Waals surface area contributed by atoms with Crippen molar-refractivity contribution < 1.29 is 8.83 Å². The Morgan fingerprint density at radius 2 is 0.685 bits per heavy atom. The predicted molar refractivity (Wildman–Crippen MR) is 227 cm³/mol. The van der Waals surface area contributed by atoms with Gasteiger partial charge in [-0.25, -0.2) is 0 Å². The number of benzene rings is 10. The summed E-state index contributed by atoms with van der Waals surface area (Å²) in [6.07, 6.45) is 0. The molecule has 0 aliphatic heterocycles. The molecule has 0 radical (unpaired) electrons. The maximum atomic E-state index is 6.47. The third-order valence-corrected chi connectivity index (χ3v) is 11.4. The summed E-state index contributed by atoms with van der Waals surface area (Å²) in [6.45, 7) is 0. The van der Waals surface area contributed by atoms with Gasteiger partial charge in [-0.1, -0.05) is 127 Å². The third-order valence-electron chi connectivity index (χ3n) is 11.4. The molecule has 0 saturated heterocycles. The van der Waals surface area contributed by atoms with Crippen molar-refractivity contribution in [1.29, 1.82) is 0 Å². The number of rotatable bonds is 3. The van der Waals surface area contributed by atoms with Gasteiger partial charge in [0.25, 0.3) is 0 Å². The van der Waals surface area contributed by atoms with Gasteiger partial charge < -0.3 is 8.83 Å². The van der Waals surface area contributed by atoms with E-state index in [0.29, 0.717) is 0 Å². The van der Waals surface area contributed by atoms with Gasteiger partial charge >= 0.3 is 0 Å². The first-order valence-corrected chi connectivity index (χ1v) is 18.5. The fourth-order valence-electron chi connectivity index (χ4n) is 8.85. The summed E-state index contributed by atoms with van der Waals surface area (Å²) in [6, 6.07) is 65.9. The molecule has 250 valence electrons. The van der Waals surface area contributed by atoms with E-state index in [1.165, 1.54) is 65.3 Å². The van der Waals surface area contributed by atoms with E-state index < -0.39 is 0 Å². The van der Waals surface area contributed by atoms with Crippen LogP contribution in [0.15, 0.2) is 191 Å². The summed E-state index contributed by atoms with van der Waals surface area (Å²) in [7, 11) is 0. The molecule has 12 rings (SSSR count). The average molecular weight is 687 g/mol. The molecular weight excluding hydrogens is 657 g/mol. The highest BCUT2D eigenvalue weighted by Gasteiger charge is 2.16. The lowest BCUT2D eigenvalue weighted by Gasteiger charge is -2.15. The minimum Gasteiger partial charge on any atom is -0.456 e. The van der Waals surface area contributed by atoms with E-state index in [0.717, 1.165) is 55.0 Å². The largest absolute Gasteiger partial charge is 0.456 e. The number of para-hydroxylation sites is 1. The minimum atomic E-state index is 0.863. The summed E-state index contributed by atoms with van der Waals surface area (Å²) in [5.41, 5.74) is 10.5. The zero-order chi connectivity index (χ0) is 35.3. The zero-order valence-corrected chi connectivity index (χ0v) is 29.1. The van der Waals surface area contributed by atoms with Crippen LogP contribution in [0.2, 0.25) is 0 Å². The molecule has 0 aliphatic carbocycles. The Balaban J connectivity index is 1.10. The van der Waals surface area contributed by atoms with Gasteiger partial charge in [-0.3, -0.25) is 0 Å². The van der Waals surface area contributed by atoms with Gasteiger partial charge in [0.05, 0.1) is 0 Å². The van der Waals surface area contributed by atoms with Crippen LogP contribution < -0.4 is 0 Å². The molecule has 10 aromatic carbocycles. The lowest BCUT2D eigenvalue weighted by Crippen LogP contribution is -1.89. The van der Waals surface area contributed by atoms with Crippen molar-refractivity contribution >= 4 is 87.0 Å². The number of fused-ring (bicyclic) bond motifs is 13. The summed E-state index contributed by atoms with van der Waals surface area (Å²) in [4.78, 5) is 0. The molecule has 2 nitrogen and oxygen atoms in total. The van der Waals surface area contributed by atoms with E-state index in [9.17, 15) is 0 Å². The molecule has 2 aromatic heterocycles. The van der Waals surface area contributed by atoms with Crippen LogP contribution in [0, 0.1) is 0 Å². The molecule has 0 spiro atoms. The zero-order valence-electron chi connectivity index (χ0n) is 29.1. The molecule has 2 heterocycles. The summed E-state index contributed by atoms with van der Waals surface area (Å²) in [5.74, 6) is 0. The monoisotopic (exact) mass is 686 g/mol. The normalized spacial score (nSPS) is 12.1. The van der Waals surface area contributed by atoms with Crippen molar-refractivity contribution in [3.05, 3.63) is 182 Å². The number of hydrogen-bond acceptors (Lipinski definition) is 2. The van der Waals surface area contributed by atoms with Gasteiger partial charge in [-0.2, -0.15) is 0 Å². The summed E-state index contributed by atoms with van der Waals surface area (Å²) >= 11 is 0. The van der Waals surface area contributed by atoms with Crippen LogP contribution in [0.1, 0.15) is 0 Å². The molecule has 0 amide bonds. The highest BCUT2D eigenvalue weighted by molar-refractivity contribution is 6.26. The van der Waals surface area contributed by atoms with Crippen molar-refractivity contribution in [3.63, 3.8) is 0 Å². The second-order valence-corrected chi connectivity index (χ2v) is 14.4. The van der Waals surface area contributed by atoms with E-state index >= 15 is 0 Å². The minimum absolute atomic E-state index is 0.863. The molecule has 0 fully saturated rings. The van der Waals surface area contributed by atoms with Crippen LogP contribution >= 0.6 is 0 Å². The second-order valence-electron chi connectivity index (χ2n) is 14.4. The molecular formula is C52H30O2. The standard InChI is InChI=1S/C52H30O2/c1-2-12-37-31(10-1)11-9-18-38(37)36-25-34(32-20-22-43-41-15-4-3-13-39(41)40-14-5-6-16-42(40)45(43)27-32)24-35(26-36)33-21-23-50-46(28-33)48-30-51-47(29-52(48)54-50)44-17-7-8-19-49(44)53-51/h1-30H. The van der Waals surface area contributed by atoms with Crippen LogP contribution in [0.4, 0.5) is 0 Å². The molecule has 0 aliphatic rings. The fourth-order valence-corrected chi connectivity index (χ4v) is 8.85. The third kappa shape index (κ3) is 4.34. The van der Waals surface area contributed by atoms with Crippen LogP contribution in [0.3, 0.4) is 0 Å². The molecule has 0 atom stereocenters. The SMILES string of the molecule is c1ccc2c(-c3cc(-c4ccc5oc6cc7c(cc6c5c4)oc4ccccc47)cc(-c4ccc5c6ccccc6c6ccccc6c5c4)c3)cccc2c1. The highest BCUT2D eigenvalue weighted by Crippen LogP contribution is 2.42. The van der Waals surface area contributed by atoms with Crippen molar-refractivity contribution in [1.82, 2.24) is 0 Å². The van der Waals surface area contributed by atoms with Crippen molar-refractivity contribution in [2.45, 2.75) is 0 Å². The van der Waals surface area contributed by atoms with Crippen molar-refractivity contribution in [3.8, 4) is 33.4 Å². The van der Waals surface area contributed by atoms with Gasteiger partial charge in [0.15, 0.2) is 0 Å². The molecule has 54 heavy (non-hydrogen) atoms. The van der Waals surface area contributed by atoms with E-state index in [4.69, 9.17) is 8.83 Å². The average Bonchev–Trinajstić information content (AvgIpc) is 3.79. The maximum Gasteiger partial charge on any atom is 0.136 e. The van der Waals surface area contributed by atoms with Gasteiger partial charge in [-0.15, -0.1) is 0 Å². The van der Waals surface area contributed by atoms with Gasteiger partial charge in [0.1, 0.15) is 22.3 Å². The van der Waals surface area contributed by atoms with E-state index in [2.05, 4.69) is 170 Å². The number of hydrogen-bond donors (Lipinski definition) is 0. The van der Waals surface area contributed by atoms with Crippen LogP contribution in [0.25, 0.3) is 120 Å². The first-order valence-electron chi connectivity index (χ1n) is 18.5. The van der Waals surface area contributed by atoms with Gasteiger partial charge in [0.2, 0.25) is 0 Å². The van der Waals surface area contributed by atoms with Crippen LogP contribution in [-0.4, -0.2) is 0 Å². The molecule has 12 aromatic rings. The Morgan fingerprint density at radius 3 is 1.39 bits per heavy atom. The van der Waals surface area contributed by atoms with Gasteiger partial charge in [0, 0.05) is 21.5 Å². The molecule has 2 heteroatoms. The molecule has 0 unspecified atom stereocenters. The number of furan rings is 2. The quantitative estimate of drug-likeness (QED) is 0.173. The molecule has 0 N–H and O–H groups in total. The maximum absolute atomic E-state index is 6.47. The Morgan fingerprint density at radius 1 is 0.222 bits per heavy atom. The van der Waals surface area contributed by atoms with Crippen LogP contribution in [-0.2, 0) is 0 Å². The van der Waals surface area contributed by atoms with Gasteiger partial charge in [-0.05, 0) is 131 Å². The first-order chi connectivity index (χ1) is 26.7. The Labute approximate surface area is 310 Å². The lowest BCUT2D eigenvalue weighted by molar-refractivity contribution is 0.664. The smallest absolute Gasteiger partial charge is 0.136 e. The molecule has 0 bridgehead atoms. The topological polar surface area (TPSA) is 26.3 Å². The lowest BCUT2D eigenvalue weighted by atomic mass is 9.89. The fraction of sp³-hybridized carbons (Fsp3) is 0. The van der Waals surface area contributed by atoms with Crippen molar-refractivity contribution in [2.24, 2.45) is 0 Å². The first kappa shape index (κ1) is 29.4.